The average Bonchev–Trinajstić information content (AvgIpc) is 3.48. The van der Waals surface area contributed by atoms with Gasteiger partial charge in [-0.1, -0.05) is 102 Å². The minimum absolute atomic E-state index is 0.168. The van der Waals surface area contributed by atoms with Gasteiger partial charge in [0.1, 0.15) is 5.75 Å². The third-order valence-corrected chi connectivity index (χ3v) is 11.5. The van der Waals surface area contributed by atoms with E-state index in [4.69, 9.17) is 11.6 Å². The smallest absolute Gasteiger partial charge is 0.246 e. The van der Waals surface area contributed by atoms with E-state index in [9.17, 15) is 19.5 Å². The summed E-state index contributed by atoms with van der Waals surface area (Å²) in [5.41, 5.74) is 3.57. The molecule has 0 radical (unpaired) electrons. The number of halogens is 1. The average molecular weight is 671 g/mol. The van der Waals surface area contributed by atoms with Crippen LogP contribution in [-0.2, 0) is 31.1 Å². The Morgan fingerprint density at radius 1 is 0.796 bits per heavy atom. The zero-order chi connectivity index (χ0) is 34.2. The van der Waals surface area contributed by atoms with Crippen molar-refractivity contribution < 1.29 is 24.3 Å². The molecule has 6 atom stereocenters. The lowest BCUT2D eigenvalue weighted by molar-refractivity contribution is -0.141. The molecule has 2 aliphatic heterocycles. The molecule has 0 bridgehead atoms. The molecule has 0 unspecified atom stereocenters. The number of aryl methyl sites for hydroxylation is 2. The summed E-state index contributed by atoms with van der Waals surface area (Å²) < 4.78 is 0. The number of hydrogen-bond acceptors (Lipinski definition) is 5. The lowest BCUT2D eigenvalue weighted by Gasteiger charge is -2.51. The van der Waals surface area contributed by atoms with Gasteiger partial charge in [0.2, 0.25) is 23.6 Å². The van der Waals surface area contributed by atoms with Crippen molar-refractivity contribution in [2.24, 2.45) is 23.7 Å². The Morgan fingerprint density at radius 2 is 1.47 bits per heavy atom. The van der Waals surface area contributed by atoms with Crippen LogP contribution >= 0.6 is 11.6 Å². The van der Waals surface area contributed by atoms with Crippen LogP contribution in [0.15, 0.2) is 109 Å². The second-order valence-corrected chi connectivity index (χ2v) is 14.3. The van der Waals surface area contributed by atoms with Crippen LogP contribution in [0.3, 0.4) is 0 Å². The number of fused-ring (bicyclic) bond motifs is 4. The second-order valence-electron chi connectivity index (χ2n) is 13.8. The number of carbonyl (C=O) groups is 4. The Morgan fingerprint density at radius 3 is 2.14 bits per heavy atom. The fourth-order valence-electron chi connectivity index (χ4n) is 9.26. The van der Waals surface area contributed by atoms with E-state index in [0.29, 0.717) is 33.8 Å². The number of imide groups is 2. The number of rotatable bonds is 5. The molecule has 4 aromatic carbocycles. The zero-order valence-electron chi connectivity index (χ0n) is 27.2. The molecule has 0 spiro atoms. The lowest BCUT2D eigenvalue weighted by Crippen LogP contribution is -2.53. The molecule has 8 rings (SSSR count). The number of phenols is 1. The van der Waals surface area contributed by atoms with Crippen molar-refractivity contribution in [3.8, 4) is 5.75 Å². The molecule has 246 valence electrons. The first-order valence-corrected chi connectivity index (χ1v) is 17.1. The molecular formula is C41H35ClN2O5. The summed E-state index contributed by atoms with van der Waals surface area (Å²) in [6, 6.07) is 29.5. The largest absolute Gasteiger partial charge is 0.507 e. The van der Waals surface area contributed by atoms with Crippen LogP contribution < -0.4 is 4.90 Å². The van der Waals surface area contributed by atoms with E-state index in [1.165, 1.54) is 9.80 Å². The Kier molecular flexibility index (Phi) is 7.37. The number of aromatic hydroxyl groups is 1. The van der Waals surface area contributed by atoms with Crippen LogP contribution in [0.2, 0.25) is 5.02 Å². The summed E-state index contributed by atoms with van der Waals surface area (Å²) in [5, 5.41) is 11.2. The van der Waals surface area contributed by atoms with Gasteiger partial charge in [0.15, 0.2) is 0 Å². The van der Waals surface area contributed by atoms with Crippen molar-refractivity contribution in [2.75, 3.05) is 4.90 Å². The topological polar surface area (TPSA) is 95.0 Å². The van der Waals surface area contributed by atoms with E-state index >= 15 is 4.79 Å². The lowest BCUT2D eigenvalue weighted by atomic mass is 9.49. The van der Waals surface area contributed by atoms with Gasteiger partial charge in [-0.05, 0) is 78.6 Å². The molecule has 49 heavy (non-hydrogen) atoms. The molecule has 2 saturated heterocycles. The van der Waals surface area contributed by atoms with E-state index in [1.54, 1.807) is 24.3 Å². The van der Waals surface area contributed by atoms with Gasteiger partial charge in [-0.25, -0.2) is 4.90 Å². The normalized spacial score (nSPS) is 27.6. The maximum Gasteiger partial charge on any atom is 0.246 e. The predicted molar refractivity (Wildman–Crippen MR) is 186 cm³/mol. The van der Waals surface area contributed by atoms with Crippen molar-refractivity contribution in [3.63, 3.8) is 0 Å². The number of hydrogen-bond donors (Lipinski definition) is 1. The maximum absolute atomic E-state index is 15.3. The molecular weight excluding hydrogens is 636 g/mol. The number of phenolic OH excluding ortho intramolecular Hbond substituents is 1. The fourth-order valence-corrected chi connectivity index (χ4v) is 9.45. The molecule has 2 heterocycles. The molecule has 1 saturated carbocycles. The summed E-state index contributed by atoms with van der Waals surface area (Å²) in [7, 11) is 0. The van der Waals surface area contributed by atoms with Gasteiger partial charge in [-0.2, -0.15) is 0 Å². The molecule has 2 aliphatic carbocycles. The molecule has 7 nitrogen and oxygen atoms in total. The number of allylic oxidation sites excluding steroid dienone is 2. The Labute approximate surface area is 289 Å². The number of benzene rings is 4. The van der Waals surface area contributed by atoms with Gasteiger partial charge < -0.3 is 5.11 Å². The zero-order valence-corrected chi connectivity index (χ0v) is 27.9. The van der Waals surface area contributed by atoms with Crippen molar-refractivity contribution in [3.05, 3.63) is 142 Å². The van der Waals surface area contributed by atoms with Crippen LogP contribution in [0.4, 0.5) is 5.69 Å². The summed E-state index contributed by atoms with van der Waals surface area (Å²) >= 11 is 6.40. The first-order chi connectivity index (χ1) is 23.6. The molecule has 0 aromatic heterocycles. The minimum atomic E-state index is -1.36. The van der Waals surface area contributed by atoms with Crippen molar-refractivity contribution in [2.45, 2.75) is 44.6 Å². The molecule has 4 aromatic rings. The number of carbonyl (C=O) groups excluding carboxylic acids is 4. The summed E-state index contributed by atoms with van der Waals surface area (Å²) in [6.07, 6.45) is 2.65. The monoisotopic (exact) mass is 670 g/mol. The van der Waals surface area contributed by atoms with Gasteiger partial charge in [-0.3, -0.25) is 24.1 Å². The van der Waals surface area contributed by atoms with Crippen LogP contribution in [0, 0.1) is 37.5 Å². The Bertz CT molecular complexity index is 2050. The highest BCUT2D eigenvalue weighted by Crippen LogP contribution is 2.64. The number of nitrogens with zero attached hydrogens (tertiary/aromatic N) is 2. The Balaban J connectivity index is 1.34. The van der Waals surface area contributed by atoms with E-state index in [1.807, 2.05) is 86.6 Å². The fraction of sp³-hybridized carbons (Fsp3) is 0.268. The number of amides is 4. The first kappa shape index (κ1) is 31.3. The highest BCUT2D eigenvalue weighted by Gasteiger charge is 2.70. The molecule has 4 aliphatic rings. The summed E-state index contributed by atoms with van der Waals surface area (Å²) in [4.78, 5) is 61.1. The van der Waals surface area contributed by atoms with Crippen LogP contribution in [0.1, 0.15) is 46.6 Å². The van der Waals surface area contributed by atoms with Crippen LogP contribution in [-0.4, -0.2) is 33.6 Å². The SMILES string of the molecule is Cc1cc([C@H]2C3=CC[C@@H]4C(=O)N(Cc5ccccc5)C(=O)[C@@H]4[C@@H]3C[C@H]3C(=O)N(c4cccc(Cl)c4)C(=O)[C@@]23c2ccccc2)cc(C)c1O. The first-order valence-electron chi connectivity index (χ1n) is 16.7. The summed E-state index contributed by atoms with van der Waals surface area (Å²) in [6.45, 7) is 3.83. The van der Waals surface area contributed by atoms with E-state index in [0.717, 1.165) is 16.7 Å². The Hall–Kier alpha value is -5.01. The quantitative estimate of drug-likeness (QED) is 0.182. The van der Waals surface area contributed by atoms with Gasteiger partial charge in [-0.15, -0.1) is 0 Å². The molecule has 4 amide bonds. The van der Waals surface area contributed by atoms with E-state index in [-0.39, 0.29) is 42.3 Å². The highest BCUT2D eigenvalue weighted by molar-refractivity contribution is 6.32. The molecule has 3 fully saturated rings. The van der Waals surface area contributed by atoms with Gasteiger partial charge >= 0.3 is 0 Å². The van der Waals surface area contributed by atoms with E-state index < -0.39 is 35.0 Å². The second kappa shape index (κ2) is 11.6. The number of likely N-dealkylation sites (tertiary alicyclic amines) is 1. The van der Waals surface area contributed by atoms with Crippen molar-refractivity contribution >= 4 is 40.9 Å². The standard InChI is InChI=1S/C41H35ClN2O5/c1-23-18-26(19-24(2)36(23)45)35-30-16-17-31-34(39(48)43(37(31)46)22-25-10-5-3-6-11-25)32(30)21-33-38(47)44(29-15-9-14-28(42)20-29)40(49)41(33,35)27-12-7-4-8-13-27/h3-16,18-20,31-35,45H,17,21-22H2,1-2H3/t31-,32+,33-,34-,35-,41+/m0/s1. The van der Waals surface area contributed by atoms with Crippen LogP contribution in [0.5, 0.6) is 5.75 Å². The van der Waals surface area contributed by atoms with Crippen molar-refractivity contribution in [1.82, 2.24) is 4.90 Å². The maximum atomic E-state index is 15.3. The minimum Gasteiger partial charge on any atom is -0.507 e. The number of anilines is 1. The highest BCUT2D eigenvalue weighted by atomic mass is 35.5. The van der Waals surface area contributed by atoms with Crippen LogP contribution in [0.25, 0.3) is 0 Å². The van der Waals surface area contributed by atoms with Crippen molar-refractivity contribution in [1.29, 1.82) is 0 Å². The van der Waals surface area contributed by atoms with Gasteiger partial charge in [0, 0.05) is 10.9 Å². The summed E-state index contributed by atoms with van der Waals surface area (Å²) in [5.74, 6) is -4.12. The van der Waals surface area contributed by atoms with Gasteiger partial charge in [0.05, 0.1) is 35.4 Å². The predicted octanol–water partition coefficient (Wildman–Crippen LogP) is 7.03. The van der Waals surface area contributed by atoms with Gasteiger partial charge in [0.25, 0.3) is 0 Å². The molecule has 1 N–H and O–H groups in total. The molecule has 8 heteroatoms. The third-order valence-electron chi connectivity index (χ3n) is 11.3. The van der Waals surface area contributed by atoms with E-state index in [2.05, 4.69) is 6.08 Å². The third kappa shape index (κ3) is 4.55.